The largest absolute Gasteiger partial charge is 0.300 e. The maximum atomic E-state index is 2.91. The molecule has 23 heavy (non-hydrogen) atoms. The second-order valence-corrected chi connectivity index (χ2v) is 9.00. The minimum atomic E-state index is 0.487. The van der Waals surface area contributed by atoms with Crippen LogP contribution in [0.15, 0.2) is 30.3 Å². The average molecular weight is 312 g/mol. The van der Waals surface area contributed by atoms with Crippen LogP contribution in [0.4, 0.5) is 0 Å². The predicted octanol–water partition coefficient (Wildman–Crippen LogP) is 5.25. The van der Waals surface area contributed by atoms with Gasteiger partial charge in [-0.25, -0.2) is 0 Å². The fraction of sp³-hybridized carbons (Fsp3) is 0.727. The summed E-state index contributed by atoms with van der Waals surface area (Å²) in [6.07, 6.45) is 10.1. The standard InChI is InChI=1S/C22H33N/c1-17(2)13-21-14-22(19-7-4-3-5-8-19)12-6-9-20(22)16-23(21)15-18-10-11-18/h3-5,7-8,17-18,20-21H,6,9-16H2,1-2H3. The zero-order chi connectivity index (χ0) is 15.9. The van der Waals surface area contributed by atoms with Gasteiger partial charge >= 0.3 is 0 Å². The van der Waals surface area contributed by atoms with Crippen molar-refractivity contribution >= 4 is 0 Å². The molecule has 3 unspecified atom stereocenters. The molecule has 0 bridgehead atoms. The van der Waals surface area contributed by atoms with Crippen molar-refractivity contribution in [1.29, 1.82) is 0 Å². The highest BCUT2D eigenvalue weighted by Gasteiger charge is 2.50. The van der Waals surface area contributed by atoms with Crippen LogP contribution in [0.3, 0.4) is 0 Å². The van der Waals surface area contributed by atoms with Crippen LogP contribution in [0.5, 0.6) is 0 Å². The second kappa shape index (κ2) is 6.24. The molecular formula is C22H33N. The third kappa shape index (κ3) is 3.09. The van der Waals surface area contributed by atoms with Crippen LogP contribution in [0.2, 0.25) is 0 Å². The number of hydrogen-bond acceptors (Lipinski definition) is 1. The molecule has 126 valence electrons. The second-order valence-electron chi connectivity index (χ2n) is 9.00. The Labute approximate surface area is 142 Å². The Morgan fingerprint density at radius 2 is 1.91 bits per heavy atom. The first kappa shape index (κ1) is 15.7. The van der Waals surface area contributed by atoms with Gasteiger partial charge < -0.3 is 0 Å². The van der Waals surface area contributed by atoms with E-state index in [2.05, 4.69) is 49.1 Å². The van der Waals surface area contributed by atoms with Crippen molar-refractivity contribution in [3.63, 3.8) is 0 Å². The molecule has 1 aliphatic heterocycles. The number of likely N-dealkylation sites (tertiary alicyclic amines) is 1. The van der Waals surface area contributed by atoms with E-state index in [1.165, 1.54) is 58.0 Å². The Morgan fingerprint density at radius 1 is 1.13 bits per heavy atom. The van der Waals surface area contributed by atoms with Gasteiger partial charge in [0.15, 0.2) is 0 Å². The molecule has 0 N–H and O–H groups in total. The van der Waals surface area contributed by atoms with Crippen LogP contribution in [0.25, 0.3) is 0 Å². The lowest BCUT2D eigenvalue weighted by atomic mass is 9.65. The quantitative estimate of drug-likeness (QED) is 0.717. The summed E-state index contributed by atoms with van der Waals surface area (Å²) in [7, 11) is 0. The molecule has 1 heterocycles. The van der Waals surface area contributed by atoms with Gasteiger partial charge in [0, 0.05) is 24.5 Å². The summed E-state index contributed by atoms with van der Waals surface area (Å²) < 4.78 is 0. The van der Waals surface area contributed by atoms with Gasteiger partial charge in [-0.3, -0.25) is 4.90 Å². The summed E-state index contributed by atoms with van der Waals surface area (Å²) in [6.45, 7) is 7.57. The molecule has 0 spiro atoms. The Bertz CT molecular complexity index is 518. The normalized spacial score (nSPS) is 34.7. The molecule has 1 heteroatoms. The first-order chi connectivity index (χ1) is 11.2. The van der Waals surface area contributed by atoms with Gasteiger partial charge in [0.1, 0.15) is 0 Å². The van der Waals surface area contributed by atoms with Crippen LogP contribution < -0.4 is 0 Å². The smallest absolute Gasteiger partial charge is 0.0106 e. The SMILES string of the molecule is CC(C)CC1CC2(c3ccccc3)CCCC2CN1CC1CC1. The highest BCUT2D eigenvalue weighted by Crippen LogP contribution is 2.53. The number of benzene rings is 1. The fourth-order valence-electron chi connectivity index (χ4n) is 5.56. The molecular weight excluding hydrogens is 278 g/mol. The Balaban J connectivity index is 1.61. The fourth-order valence-corrected chi connectivity index (χ4v) is 5.56. The van der Waals surface area contributed by atoms with Crippen LogP contribution in [-0.2, 0) is 5.41 Å². The van der Waals surface area contributed by atoms with Crippen molar-refractivity contribution in [3.05, 3.63) is 35.9 Å². The summed E-state index contributed by atoms with van der Waals surface area (Å²) in [6, 6.07) is 12.3. The summed E-state index contributed by atoms with van der Waals surface area (Å²) in [5.74, 6) is 2.73. The maximum absolute atomic E-state index is 2.91. The minimum Gasteiger partial charge on any atom is -0.300 e. The van der Waals surface area contributed by atoms with Crippen LogP contribution in [0.1, 0.15) is 64.4 Å². The van der Waals surface area contributed by atoms with Crippen molar-refractivity contribution < 1.29 is 0 Å². The third-order valence-electron chi connectivity index (χ3n) is 6.81. The van der Waals surface area contributed by atoms with Crippen LogP contribution in [-0.4, -0.2) is 24.0 Å². The van der Waals surface area contributed by atoms with E-state index in [4.69, 9.17) is 0 Å². The Morgan fingerprint density at radius 3 is 2.61 bits per heavy atom. The highest BCUT2D eigenvalue weighted by molar-refractivity contribution is 5.30. The molecule has 1 nitrogen and oxygen atoms in total. The number of rotatable bonds is 5. The van der Waals surface area contributed by atoms with E-state index in [0.717, 1.165) is 23.8 Å². The van der Waals surface area contributed by atoms with E-state index in [1.54, 1.807) is 5.56 Å². The van der Waals surface area contributed by atoms with Gasteiger partial charge in [-0.15, -0.1) is 0 Å². The molecule has 2 saturated carbocycles. The zero-order valence-corrected chi connectivity index (χ0v) is 15.0. The molecule has 0 aromatic heterocycles. The van der Waals surface area contributed by atoms with Crippen molar-refractivity contribution in [1.82, 2.24) is 4.90 Å². The van der Waals surface area contributed by atoms with E-state index < -0.39 is 0 Å². The van der Waals surface area contributed by atoms with E-state index in [0.29, 0.717) is 5.41 Å². The lowest BCUT2D eigenvalue weighted by Crippen LogP contribution is -2.53. The van der Waals surface area contributed by atoms with Crippen LogP contribution >= 0.6 is 0 Å². The minimum absolute atomic E-state index is 0.487. The molecule has 0 amide bonds. The molecule has 1 saturated heterocycles. The van der Waals surface area contributed by atoms with E-state index in [1.807, 2.05) is 0 Å². The first-order valence-corrected chi connectivity index (χ1v) is 9.97. The zero-order valence-electron chi connectivity index (χ0n) is 15.0. The molecule has 2 aliphatic carbocycles. The summed E-state index contributed by atoms with van der Waals surface area (Å²) >= 11 is 0. The molecule has 3 aliphatic rings. The van der Waals surface area contributed by atoms with Gasteiger partial charge in [0.05, 0.1) is 0 Å². The molecule has 4 rings (SSSR count). The summed E-state index contributed by atoms with van der Waals surface area (Å²) in [4.78, 5) is 2.91. The Hall–Kier alpha value is -0.820. The number of hydrogen-bond donors (Lipinski definition) is 0. The topological polar surface area (TPSA) is 3.24 Å². The van der Waals surface area contributed by atoms with Crippen molar-refractivity contribution in [2.75, 3.05) is 13.1 Å². The molecule has 3 atom stereocenters. The van der Waals surface area contributed by atoms with Crippen molar-refractivity contribution in [3.8, 4) is 0 Å². The van der Waals surface area contributed by atoms with Crippen LogP contribution in [0, 0.1) is 17.8 Å². The molecule has 3 fully saturated rings. The monoisotopic (exact) mass is 311 g/mol. The predicted molar refractivity (Wildman–Crippen MR) is 97.6 cm³/mol. The lowest BCUT2D eigenvalue weighted by Gasteiger charge is -2.50. The number of nitrogens with zero attached hydrogens (tertiary/aromatic N) is 1. The maximum Gasteiger partial charge on any atom is 0.0106 e. The van der Waals surface area contributed by atoms with Gasteiger partial charge in [-0.05, 0) is 61.8 Å². The lowest BCUT2D eigenvalue weighted by molar-refractivity contribution is 0.0405. The Kier molecular flexibility index (Phi) is 4.26. The van der Waals surface area contributed by atoms with Gasteiger partial charge in [0.2, 0.25) is 0 Å². The van der Waals surface area contributed by atoms with E-state index >= 15 is 0 Å². The molecule has 1 aromatic carbocycles. The van der Waals surface area contributed by atoms with E-state index in [-0.39, 0.29) is 0 Å². The molecule has 1 aromatic rings. The van der Waals surface area contributed by atoms with Crippen molar-refractivity contribution in [2.45, 2.75) is 70.3 Å². The average Bonchev–Trinajstić information content (AvgIpc) is 3.26. The number of piperidine rings is 1. The first-order valence-electron chi connectivity index (χ1n) is 9.97. The summed E-state index contributed by atoms with van der Waals surface area (Å²) in [5, 5.41) is 0. The van der Waals surface area contributed by atoms with Gasteiger partial charge in [-0.2, -0.15) is 0 Å². The summed E-state index contributed by atoms with van der Waals surface area (Å²) in [5.41, 5.74) is 2.13. The van der Waals surface area contributed by atoms with E-state index in [9.17, 15) is 0 Å². The number of fused-ring (bicyclic) bond motifs is 1. The highest BCUT2D eigenvalue weighted by atomic mass is 15.2. The third-order valence-corrected chi connectivity index (χ3v) is 6.81. The van der Waals surface area contributed by atoms with Crippen molar-refractivity contribution in [2.24, 2.45) is 17.8 Å². The molecule has 0 radical (unpaired) electrons. The van der Waals surface area contributed by atoms with Gasteiger partial charge in [0.25, 0.3) is 0 Å². The van der Waals surface area contributed by atoms with Gasteiger partial charge in [-0.1, -0.05) is 50.6 Å².